The predicted octanol–water partition coefficient (Wildman–Crippen LogP) is 4.28. The molecule has 0 bridgehead atoms. The first-order chi connectivity index (χ1) is 11.8. The van der Waals surface area contributed by atoms with E-state index < -0.39 is 0 Å². The fourth-order valence-corrected chi connectivity index (χ4v) is 2.68. The second-order valence-corrected chi connectivity index (χ2v) is 5.71. The Kier molecular flexibility index (Phi) is 3.71. The summed E-state index contributed by atoms with van der Waals surface area (Å²) in [6, 6.07) is 18.2. The predicted molar refractivity (Wildman–Crippen MR) is 93.9 cm³/mol. The third-order valence-corrected chi connectivity index (χ3v) is 3.94. The van der Waals surface area contributed by atoms with Crippen LogP contribution in [-0.4, -0.2) is 14.4 Å². The van der Waals surface area contributed by atoms with Crippen LogP contribution in [0.3, 0.4) is 0 Å². The molecule has 0 aliphatic rings. The van der Waals surface area contributed by atoms with E-state index >= 15 is 0 Å². The monoisotopic (exact) mass is 315 g/mol. The Morgan fingerprint density at radius 3 is 2.71 bits per heavy atom. The van der Waals surface area contributed by atoms with Gasteiger partial charge >= 0.3 is 0 Å². The van der Waals surface area contributed by atoms with Gasteiger partial charge in [-0.3, -0.25) is 4.40 Å². The largest absolute Gasteiger partial charge is 0.489 e. The van der Waals surface area contributed by atoms with Crippen molar-refractivity contribution in [2.45, 2.75) is 13.5 Å². The molecule has 0 aliphatic carbocycles. The molecule has 0 radical (unpaired) electrons. The third-order valence-electron chi connectivity index (χ3n) is 3.94. The van der Waals surface area contributed by atoms with Crippen LogP contribution in [-0.2, 0) is 6.61 Å². The van der Waals surface area contributed by atoms with Crippen LogP contribution in [0, 0.1) is 6.92 Å². The molecule has 4 aromatic rings. The average Bonchev–Trinajstić information content (AvgIpc) is 3.06. The summed E-state index contributed by atoms with van der Waals surface area (Å²) in [5, 5.41) is 0. The lowest BCUT2D eigenvalue weighted by atomic mass is 10.1. The van der Waals surface area contributed by atoms with Crippen molar-refractivity contribution >= 4 is 5.78 Å². The van der Waals surface area contributed by atoms with Crippen molar-refractivity contribution in [2.75, 3.05) is 0 Å². The molecule has 0 N–H and O–H groups in total. The summed E-state index contributed by atoms with van der Waals surface area (Å²) in [4.78, 5) is 8.82. The highest BCUT2D eigenvalue weighted by Crippen LogP contribution is 2.26. The van der Waals surface area contributed by atoms with Crippen LogP contribution in [0.1, 0.15) is 11.1 Å². The van der Waals surface area contributed by atoms with Crippen LogP contribution in [0.5, 0.6) is 5.75 Å². The Hall–Kier alpha value is -3.14. The van der Waals surface area contributed by atoms with E-state index in [1.165, 1.54) is 0 Å². The summed E-state index contributed by atoms with van der Waals surface area (Å²) in [6.07, 6.45) is 5.68. The fraction of sp³-hybridized carbons (Fsp3) is 0.100. The van der Waals surface area contributed by atoms with Crippen LogP contribution >= 0.6 is 0 Å². The van der Waals surface area contributed by atoms with Crippen molar-refractivity contribution in [2.24, 2.45) is 0 Å². The van der Waals surface area contributed by atoms with E-state index in [9.17, 15) is 0 Å². The first-order valence-corrected chi connectivity index (χ1v) is 7.87. The van der Waals surface area contributed by atoms with Crippen LogP contribution in [0.4, 0.5) is 0 Å². The number of ether oxygens (including phenoxy) is 1. The summed E-state index contributed by atoms with van der Waals surface area (Å²) in [5.74, 6) is 1.60. The van der Waals surface area contributed by atoms with Gasteiger partial charge in [-0.05, 0) is 42.3 Å². The maximum Gasteiger partial charge on any atom is 0.234 e. The summed E-state index contributed by atoms with van der Waals surface area (Å²) in [7, 11) is 0. The minimum atomic E-state index is 0.569. The van der Waals surface area contributed by atoms with E-state index in [0.29, 0.717) is 12.4 Å². The second-order valence-electron chi connectivity index (χ2n) is 5.71. The molecule has 0 atom stereocenters. The number of aromatic nitrogens is 3. The van der Waals surface area contributed by atoms with Crippen LogP contribution in [0.15, 0.2) is 73.2 Å². The number of imidazole rings is 1. The van der Waals surface area contributed by atoms with Gasteiger partial charge in [-0.2, -0.15) is 0 Å². The maximum absolute atomic E-state index is 5.93. The van der Waals surface area contributed by atoms with Crippen molar-refractivity contribution in [3.8, 4) is 17.0 Å². The van der Waals surface area contributed by atoms with Gasteiger partial charge in [0, 0.05) is 24.2 Å². The van der Waals surface area contributed by atoms with Crippen LogP contribution < -0.4 is 4.74 Å². The number of nitrogens with zero attached hydrogens (tertiary/aromatic N) is 3. The Labute approximate surface area is 140 Å². The maximum atomic E-state index is 5.93. The molecule has 2 aromatic carbocycles. The van der Waals surface area contributed by atoms with Gasteiger partial charge in [-0.1, -0.05) is 30.3 Å². The van der Waals surface area contributed by atoms with E-state index in [1.54, 1.807) is 6.20 Å². The minimum Gasteiger partial charge on any atom is -0.489 e. The second kappa shape index (κ2) is 6.16. The minimum absolute atomic E-state index is 0.569. The number of benzene rings is 2. The summed E-state index contributed by atoms with van der Waals surface area (Å²) >= 11 is 0. The first-order valence-electron chi connectivity index (χ1n) is 7.87. The number of fused-ring (bicyclic) bond motifs is 1. The van der Waals surface area contributed by atoms with Crippen LogP contribution in [0.2, 0.25) is 0 Å². The van der Waals surface area contributed by atoms with Gasteiger partial charge in [0.1, 0.15) is 12.4 Å². The molecule has 0 unspecified atom stereocenters. The quantitative estimate of drug-likeness (QED) is 0.564. The van der Waals surface area contributed by atoms with Gasteiger partial charge in [0.15, 0.2) is 0 Å². The zero-order valence-corrected chi connectivity index (χ0v) is 13.4. The van der Waals surface area contributed by atoms with E-state index in [-0.39, 0.29) is 0 Å². The highest BCUT2D eigenvalue weighted by atomic mass is 16.5. The highest BCUT2D eigenvalue weighted by molar-refractivity contribution is 5.63. The van der Waals surface area contributed by atoms with E-state index in [4.69, 9.17) is 4.74 Å². The van der Waals surface area contributed by atoms with Gasteiger partial charge in [0.2, 0.25) is 5.78 Å². The Morgan fingerprint density at radius 2 is 1.92 bits per heavy atom. The lowest BCUT2D eigenvalue weighted by molar-refractivity contribution is 0.304. The molecule has 0 fully saturated rings. The molecule has 4 rings (SSSR count). The summed E-state index contributed by atoms with van der Waals surface area (Å²) < 4.78 is 7.86. The van der Waals surface area contributed by atoms with Gasteiger partial charge in [-0.25, -0.2) is 9.97 Å². The lowest BCUT2D eigenvalue weighted by Gasteiger charge is -2.10. The number of rotatable bonds is 4. The molecule has 0 aliphatic heterocycles. The molecule has 0 saturated heterocycles. The van der Waals surface area contributed by atoms with Gasteiger partial charge in [-0.15, -0.1) is 0 Å². The van der Waals surface area contributed by atoms with Crippen molar-refractivity contribution in [3.05, 3.63) is 84.3 Å². The third kappa shape index (κ3) is 2.86. The fourth-order valence-electron chi connectivity index (χ4n) is 2.68. The van der Waals surface area contributed by atoms with Gasteiger partial charge in [0.25, 0.3) is 0 Å². The van der Waals surface area contributed by atoms with Crippen molar-refractivity contribution in [3.63, 3.8) is 0 Å². The molecule has 24 heavy (non-hydrogen) atoms. The van der Waals surface area contributed by atoms with E-state index in [1.807, 2.05) is 53.2 Å². The topological polar surface area (TPSA) is 39.4 Å². The zero-order chi connectivity index (χ0) is 16.4. The van der Waals surface area contributed by atoms with E-state index in [0.717, 1.165) is 28.1 Å². The van der Waals surface area contributed by atoms with Gasteiger partial charge in [0.05, 0.1) is 5.69 Å². The summed E-state index contributed by atoms with van der Waals surface area (Å²) in [5.41, 5.74) is 4.22. The molecule has 0 saturated carbocycles. The molecular formula is C20H17N3O. The number of hydrogen-bond acceptors (Lipinski definition) is 3. The van der Waals surface area contributed by atoms with Crippen molar-refractivity contribution in [1.82, 2.24) is 14.4 Å². The summed E-state index contributed by atoms with van der Waals surface area (Å²) in [6.45, 7) is 2.62. The molecular weight excluding hydrogens is 298 g/mol. The normalized spacial score (nSPS) is 10.9. The van der Waals surface area contributed by atoms with Crippen molar-refractivity contribution in [1.29, 1.82) is 0 Å². The van der Waals surface area contributed by atoms with E-state index in [2.05, 4.69) is 35.1 Å². The molecule has 0 spiro atoms. The SMILES string of the molecule is Cc1cc(-c2cn3cccnc3n2)ccc1OCc1ccccc1. The average molecular weight is 315 g/mol. The smallest absolute Gasteiger partial charge is 0.234 e. The molecule has 4 heteroatoms. The zero-order valence-electron chi connectivity index (χ0n) is 13.4. The first kappa shape index (κ1) is 14.5. The highest BCUT2D eigenvalue weighted by Gasteiger charge is 2.08. The molecule has 2 heterocycles. The Balaban J connectivity index is 1.57. The Bertz CT molecular complexity index is 944. The molecule has 118 valence electrons. The standard InChI is InChI=1S/C20H17N3O/c1-15-12-17(18-13-23-11-5-10-21-20(23)22-18)8-9-19(15)24-14-16-6-3-2-4-7-16/h2-13H,14H2,1H3. The number of hydrogen-bond donors (Lipinski definition) is 0. The molecule has 2 aromatic heterocycles. The van der Waals surface area contributed by atoms with Crippen LogP contribution in [0.25, 0.3) is 17.0 Å². The molecule has 4 nitrogen and oxygen atoms in total. The number of aryl methyl sites for hydroxylation is 1. The Morgan fingerprint density at radius 1 is 1.04 bits per heavy atom. The molecule has 0 amide bonds. The van der Waals surface area contributed by atoms with Crippen molar-refractivity contribution < 1.29 is 4.74 Å². The lowest BCUT2D eigenvalue weighted by Crippen LogP contribution is -1.96. The van der Waals surface area contributed by atoms with Gasteiger partial charge < -0.3 is 4.74 Å².